The smallest absolute Gasteiger partial charge is 0.278 e. The minimum absolute atomic E-state index is 0.0803. The molecule has 1 saturated carbocycles. The molecule has 7 nitrogen and oxygen atoms in total. The lowest BCUT2D eigenvalue weighted by Crippen LogP contribution is -2.65. The van der Waals surface area contributed by atoms with Gasteiger partial charge in [0.25, 0.3) is 5.91 Å². The first kappa shape index (κ1) is 24.0. The Bertz CT molecular complexity index is 1410. The Morgan fingerprint density at radius 3 is 2.53 bits per heavy atom. The Morgan fingerprint density at radius 2 is 1.83 bits per heavy atom. The standard InChI is InChI=1S/C28H31FN4O3/c1-16-8-7-11-22(17(16)2)33-26(35)25-24(30-18(3)34)21-14-19(29)12-13-23(21)32(25)15-28(33,4)27(36)31-20-9-5-6-10-20/h7-8,11-14,20H,5-6,9-10,15H2,1-4H3,(H,30,34)(H,31,36)/t28-/m1/s1. The van der Waals surface area contributed by atoms with Crippen molar-refractivity contribution in [2.24, 2.45) is 0 Å². The van der Waals surface area contributed by atoms with Crippen LogP contribution < -0.4 is 15.5 Å². The molecule has 0 saturated heterocycles. The maximum absolute atomic E-state index is 14.4. The Balaban J connectivity index is 1.75. The van der Waals surface area contributed by atoms with Crippen LogP contribution in [0.5, 0.6) is 0 Å². The molecule has 0 spiro atoms. The second-order valence-electron chi connectivity index (χ2n) is 10.2. The monoisotopic (exact) mass is 490 g/mol. The second kappa shape index (κ2) is 8.76. The quantitative estimate of drug-likeness (QED) is 0.549. The number of fused-ring (bicyclic) bond motifs is 3. The summed E-state index contributed by atoms with van der Waals surface area (Å²) in [7, 11) is 0. The SMILES string of the molecule is CC(=O)Nc1c2n(c3ccc(F)cc13)C[C@](C)(C(=O)NC1CCCC1)N(c1cccc(C)c1C)C2=O. The minimum atomic E-state index is -1.25. The van der Waals surface area contributed by atoms with E-state index in [4.69, 9.17) is 0 Å². The van der Waals surface area contributed by atoms with Gasteiger partial charge < -0.3 is 15.2 Å². The highest BCUT2D eigenvalue weighted by Gasteiger charge is 2.50. The van der Waals surface area contributed by atoms with Crippen molar-refractivity contribution in [3.8, 4) is 0 Å². The number of hydrogen-bond acceptors (Lipinski definition) is 3. The van der Waals surface area contributed by atoms with Gasteiger partial charge in [-0.2, -0.15) is 0 Å². The number of aromatic nitrogens is 1. The van der Waals surface area contributed by atoms with Gasteiger partial charge in [0, 0.05) is 24.0 Å². The summed E-state index contributed by atoms with van der Waals surface area (Å²) in [6.07, 6.45) is 3.98. The van der Waals surface area contributed by atoms with E-state index in [1.165, 1.54) is 19.1 Å². The third-order valence-corrected chi connectivity index (χ3v) is 7.69. The first-order valence-electron chi connectivity index (χ1n) is 12.4. The fraction of sp³-hybridized carbons (Fsp3) is 0.393. The molecule has 1 fully saturated rings. The molecule has 1 aliphatic heterocycles. The number of hydrogen-bond donors (Lipinski definition) is 2. The van der Waals surface area contributed by atoms with Gasteiger partial charge in [-0.1, -0.05) is 25.0 Å². The summed E-state index contributed by atoms with van der Waals surface area (Å²) in [5.74, 6) is -1.48. The predicted octanol–water partition coefficient (Wildman–Crippen LogP) is 4.83. The maximum atomic E-state index is 14.4. The van der Waals surface area contributed by atoms with E-state index in [-0.39, 0.29) is 35.8 Å². The molecule has 2 N–H and O–H groups in total. The molecule has 3 aromatic rings. The van der Waals surface area contributed by atoms with Crippen LogP contribution in [0.3, 0.4) is 0 Å². The molecule has 5 rings (SSSR count). The Morgan fingerprint density at radius 1 is 1.11 bits per heavy atom. The fourth-order valence-electron chi connectivity index (χ4n) is 5.66. The summed E-state index contributed by atoms with van der Waals surface area (Å²) in [6, 6.07) is 9.99. The van der Waals surface area contributed by atoms with E-state index < -0.39 is 17.3 Å². The van der Waals surface area contributed by atoms with E-state index in [0.717, 1.165) is 36.8 Å². The van der Waals surface area contributed by atoms with Crippen molar-refractivity contribution in [3.63, 3.8) is 0 Å². The van der Waals surface area contributed by atoms with Gasteiger partial charge in [0.05, 0.1) is 17.7 Å². The largest absolute Gasteiger partial charge is 0.351 e. The first-order chi connectivity index (χ1) is 17.1. The molecule has 8 heteroatoms. The molecule has 3 amide bonds. The third kappa shape index (κ3) is 3.75. The zero-order chi connectivity index (χ0) is 25.8. The van der Waals surface area contributed by atoms with Crippen LogP contribution in [0.4, 0.5) is 15.8 Å². The average Bonchev–Trinajstić information content (AvgIpc) is 3.42. The Labute approximate surface area is 209 Å². The summed E-state index contributed by atoms with van der Waals surface area (Å²) in [5, 5.41) is 6.37. The molecule has 2 aromatic carbocycles. The minimum Gasteiger partial charge on any atom is -0.351 e. The predicted molar refractivity (Wildman–Crippen MR) is 138 cm³/mol. The van der Waals surface area contributed by atoms with Crippen LogP contribution in [-0.2, 0) is 16.1 Å². The van der Waals surface area contributed by atoms with Gasteiger partial charge in [0.1, 0.15) is 17.1 Å². The molecule has 0 radical (unpaired) electrons. The number of nitrogens with zero attached hydrogens (tertiary/aromatic N) is 2. The number of halogens is 1. The van der Waals surface area contributed by atoms with Crippen molar-refractivity contribution < 1.29 is 18.8 Å². The second-order valence-corrected chi connectivity index (χ2v) is 10.2. The van der Waals surface area contributed by atoms with E-state index >= 15 is 0 Å². The highest BCUT2D eigenvalue weighted by atomic mass is 19.1. The van der Waals surface area contributed by atoms with E-state index in [1.807, 2.05) is 32.0 Å². The summed E-state index contributed by atoms with van der Waals surface area (Å²) >= 11 is 0. The normalized spacial score (nSPS) is 20.0. The lowest BCUT2D eigenvalue weighted by Gasteiger charge is -2.45. The molecule has 1 aromatic heterocycles. The molecule has 1 atom stereocenters. The average molecular weight is 491 g/mol. The van der Waals surface area contributed by atoms with E-state index in [2.05, 4.69) is 10.6 Å². The van der Waals surface area contributed by atoms with Gasteiger partial charge in [-0.25, -0.2) is 4.39 Å². The number of aryl methyl sites for hydroxylation is 1. The van der Waals surface area contributed by atoms with Crippen LogP contribution in [0, 0.1) is 19.7 Å². The van der Waals surface area contributed by atoms with Crippen LogP contribution in [0.2, 0.25) is 0 Å². The van der Waals surface area contributed by atoms with Crippen LogP contribution in [0.25, 0.3) is 10.9 Å². The van der Waals surface area contributed by atoms with Gasteiger partial charge >= 0.3 is 0 Å². The lowest BCUT2D eigenvalue weighted by atomic mass is 9.91. The zero-order valence-electron chi connectivity index (χ0n) is 21.1. The van der Waals surface area contributed by atoms with Gasteiger partial charge in [-0.3, -0.25) is 19.3 Å². The van der Waals surface area contributed by atoms with Crippen molar-refractivity contribution in [2.45, 2.75) is 71.5 Å². The van der Waals surface area contributed by atoms with Crippen molar-refractivity contribution in [1.29, 1.82) is 0 Å². The number of carbonyl (C=O) groups excluding carboxylic acids is 3. The van der Waals surface area contributed by atoms with Crippen molar-refractivity contribution in [1.82, 2.24) is 9.88 Å². The Hall–Kier alpha value is -3.68. The maximum Gasteiger partial charge on any atom is 0.278 e. The van der Waals surface area contributed by atoms with E-state index in [0.29, 0.717) is 16.6 Å². The summed E-state index contributed by atoms with van der Waals surface area (Å²) in [6.45, 7) is 7.19. The lowest BCUT2D eigenvalue weighted by molar-refractivity contribution is -0.127. The summed E-state index contributed by atoms with van der Waals surface area (Å²) in [4.78, 5) is 42.0. The van der Waals surface area contributed by atoms with E-state index in [1.54, 1.807) is 22.5 Å². The molecular weight excluding hydrogens is 459 g/mol. The van der Waals surface area contributed by atoms with Gasteiger partial charge in [-0.15, -0.1) is 0 Å². The van der Waals surface area contributed by atoms with Crippen molar-refractivity contribution in [2.75, 3.05) is 10.2 Å². The highest BCUT2D eigenvalue weighted by molar-refractivity contribution is 6.20. The molecule has 2 aliphatic rings. The highest BCUT2D eigenvalue weighted by Crippen LogP contribution is 2.42. The molecule has 0 bridgehead atoms. The molecule has 0 unspecified atom stereocenters. The van der Waals surface area contributed by atoms with Crippen LogP contribution in [0.15, 0.2) is 36.4 Å². The number of amides is 3. The number of rotatable bonds is 4. The fourth-order valence-corrected chi connectivity index (χ4v) is 5.66. The number of anilines is 2. The molecular formula is C28H31FN4O3. The van der Waals surface area contributed by atoms with Crippen LogP contribution in [0.1, 0.15) is 61.1 Å². The van der Waals surface area contributed by atoms with Crippen LogP contribution >= 0.6 is 0 Å². The Kier molecular flexibility index (Phi) is 5.85. The van der Waals surface area contributed by atoms with Crippen molar-refractivity contribution >= 4 is 40.0 Å². The summed E-state index contributed by atoms with van der Waals surface area (Å²) < 4.78 is 16.0. The van der Waals surface area contributed by atoms with E-state index in [9.17, 15) is 18.8 Å². The first-order valence-corrected chi connectivity index (χ1v) is 12.4. The van der Waals surface area contributed by atoms with Crippen LogP contribution in [-0.4, -0.2) is 33.9 Å². The van der Waals surface area contributed by atoms with Gasteiger partial charge in [-0.05, 0) is 69.0 Å². The summed E-state index contributed by atoms with van der Waals surface area (Å²) in [5.41, 5.74) is 2.36. The molecule has 36 heavy (non-hydrogen) atoms. The van der Waals surface area contributed by atoms with Gasteiger partial charge in [0.2, 0.25) is 11.8 Å². The number of benzene rings is 2. The van der Waals surface area contributed by atoms with Crippen molar-refractivity contribution in [3.05, 3.63) is 59.0 Å². The van der Waals surface area contributed by atoms with Gasteiger partial charge in [0.15, 0.2) is 0 Å². The number of nitrogens with one attached hydrogen (secondary N) is 2. The molecule has 1 aliphatic carbocycles. The third-order valence-electron chi connectivity index (χ3n) is 7.69. The molecule has 2 heterocycles. The molecule has 188 valence electrons. The number of carbonyl (C=O) groups is 3. The topological polar surface area (TPSA) is 83.4 Å². The zero-order valence-corrected chi connectivity index (χ0v) is 21.1.